The van der Waals surface area contributed by atoms with Crippen molar-refractivity contribution in [3.8, 4) is 11.5 Å². The lowest BCUT2D eigenvalue weighted by Crippen LogP contribution is -2.52. The predicted octanol–water partition coefficient (Wildman–Crippen LogP) is 6.62. The van der Waals surface area contributed by atoms with E-state index in [1.165, 1.54) is 17.0 Å². The Hall–Kier alpha value is -4.63. The number of carbonyl (C=O) groups excluding carboxylic acids is 2. The molecule has 45 heavy (non-hydrogen) atoms. The minimum absolute atomic E-state index is 0.0590. The molecular formula is C36H41N3O5S. The number of benzene rings is 4. The molecule has 8 nitrogen and oxygen atoms in total. The molecule has 0 spiro atoms. The van der Waals surface area contributed by atoms with E-state index in [1.807, 2.05) is 82.3 Å². The first-order chi connectivity index (χ1) is 21.6. The Kier molecular flexibility index (Phi) is 11.4. The van der Waals surface area contributed by atoms with Gasteiger partial charge in [-0.3, -0.25) is 13.9 Å². The maximum atomic E-state index is 14.3. The van der Waals surface area contributed by atoms with E-state index in [9.17, 15) is 18.0 Å². The van der Waals surface area contributed by atoms with Gasteiger partial charge in [0.25, 0.3) is 10.0 Å². The number of anilines is 1. The van der Waals surface area contributed by atoms with Gasteiger partial charge in [-0.2, -0.15) is 0 Å². The van der Waals surface area contributed by atoms with Crippen molar-refractivity contribution in [2.24, 2.45) is 0 Å². The van der Waals surface area contributed by atoms with Crippen molar-refractivity contribution >= 4 is 27.5 Å². The molecule has 4 aromatic rings. The number of amides is 2. The van der Waals surface area contributed by atoms with Crippen LogP contribution in [0, 0.1) is 13.8 Å². The van der Waals surface area contributed by atoms with Crippen molar-refractivity contribution < 1.29 is 22.7 Å². The van der Waals surface area contributed by atoms with Gasteiger partial charge in [0, 0.05) is 13.1 Å². The molecule has 0 aromatic heterocycles. The first-order valence-corrected chi connectivity index (χ1v) is 16.6. The monoisotopic (exact) mass is 627 g/mol. The largest absolute Gasteiger partial charge is 0.457 e. The summed E-state index contributed by atoms with van der Waals surface area (Å²) in [5.74, 6) is 0.404. The molecule has 0 unspecified atom stereocenters. The summed E-state index contributed by atoms with van der Waals surface area (Å²) in [5, 5.41) is 2.91. The van der Waals surface area contributed by atoms with Crippen LogP contribution in [0.3, 0.4) is 0 Å². The number of ether oxygens (including phenoxy) is 1. The molecule has 0 aliphatic heterocycles. The molecule has 4 rings (SSSR count). The maximum absolute atomic E-state index is 14.3. The molecule has 0 heterocycles. The molecule has 1 atom stereocenters. The van der Waals surface area contributed by atoms with Gasteiger partial charge in [-0.05, 0) is 86.3 Å². The second kappa shape index (κ2) is 15.4. The Balaban J connectivity index is 1.73. The lowest BCUT2D eigenvalue weighted by molar-refractivity contribution is -0.140. The summed E-state index contributed by atoms with van der Waals surface area (Å²) in [7, 11) is -4.17. The van der Waals surface area contributed by atoms with E-state index >= 15 is 0 Å². The quantitative estimate of drug-likeness (QED) is 0.169. The van der Waals surface area contributed by atoms with Crippen molar-refractivity contribution in [2.45, 2.75) is 58.0 Å². The fourth-order valence-corrected chi connectivity index (χ4v) is 6.34. The summed E-state index contributed by atoms with van der Waals surface area (Å²) in [4.78, 5) is 29.1. The lowest BCUT2D eigenvalue weighted by atomic mass is 10.1. The Morgan fingerprint density at radius 3 is 2.04 bits per heavy atom. The summed E-state index contributed by atoms with van der Waals surface area (Å²) in [5.41, 5.74) is 3.05. The van der Waals surface area contributed by atoms with E-state index in [4.69, 9.17) is 4.74 Å². The number of nitrogens with zero attached hydrogens (tertiary/aromatic N) is 2. The lowest BCUT2D eigenvalue weighted by Gasteiger charge is -2.33. The van der Waals surface area contributed by atoms with E-state index < -0.39 is 28.5 Å². The van der Waals surface area contributed by atoms with Gasteiger partial charge in [0.15, 0.2) is 0 Å². The number of aryl methyl sites for hydroxylation is 2. The van der Waals surface area contributed by atoms with Gasteiger partial charge >= 0.3 is 0 Å². The van der Waals surface area contributed by atoms with Crippen LogP contribution in [0.5, 0.6) is 11.5 Å². The minimum atomic E-state index is -4.17. The highest BCUT2D eigenvalue weighted by atomic mass is 32.2. The third-order valence-corrected chi connectivity index (χ3v) is 9.32. The van der Waals surface area contributed by atoms with Crippen molar-refractivity contribution in [1.29, 1.82) is 0 Å². The van der Waals surface area contributed by atoms with Crippen LogP contribution in [0.25, 0.3) is 0 Å². The Morgan fingerprint density at radius 1 is 0.800 bits per heavy atom. The fourth-order valence-electron chi connectivity index (χ4n) is 4.93. The SMILES string of the molecule is CCCNC(=O)[C@@H](CC)N(Cc1ccccc1C)C(=O)CN(c1ccc(Oc2ccccc2)cc1)S(=O)(=O)c1ccc(C)cc1. The molecule has 9 heteroatoms. The molecule has 0 radical (unpaired) electrons. The van der Waals surface area contributed by atoms with E-state index in [2.05, 4.69) is 5.32 Å². The van der Waals surface area contributed by atoms with E-state index in [0.717, 1.165) is 27.4 Å². The summed E-state index contributed by atoms with van der Waals surface area (Å²) < 4.78 is 35.3. The molecule has 0 bridgehead atoms. The van der Waals surface area contributed by atoms with Crippen molar-refractivity contribution in [2.75, 3.05) is 17.4 Å². The van der Waals surface area contributed by atoms with Crippen LogP contribution in [-0.2, 0) is 26.2 Å². The number of carbonyl (C=O) groups is 2. The topological polar surface area (TPSA) is 96.0 Å². The van der Waals surface area contributed by atoms with Crippen LogP contribution in [0.1, 0.15) is 43.4 Å². The van der Waals surface area contributed by atoms with Gasteiger partial charge in [0.1, 0.15) is 24.1 Å². The highest BCUT2D eigenvalue weighted by molar-refractivity contribution is 7.92. The second-order valence-corrected chi connectivity index (χ2v) is 12.8. The number of sulfonamides is 1. The highest BCUT2D eigenvalue weighted by Crippen LogP contribution is 2.29. The molecular weight excluding hydrogens is 586 g/mol. The van der Waals surface area contributed by atoms with Gasteiger partial charge in [-0.25, -0.2) is 8.42 Å². The normalized spacial score (nSPS) is 11.8. The van der Waals surface area contributed by atoms with Crippen LogP contribution in [-0.4, -0.2) is 44.3 Å². The van der Waals surface area contributed by atoms with Crippen molar-refractivity contribution in [1.82, 2.24) is 10.2 Å². The van der Waals surface area contributed by atoms with E-state index in [0.29, 0.717) is 30.2 Å². The molecule has 236 valence electrons. The summed E-state index contributed by atoms with van der Waals surface area (Å²) >= 11 is 0. The third kappa shape index (κ3) is 8.51. The van der Waals surface area contributed by atoms with E-state index in [-0.39, 0.29) is 17.3 Å². The molecule has 0 saturated carbocycles. The zero-order chi connectivity index (χ0) is 32.4. The maximum Gasteiger partial charge on any atom is 0.264 e. The van der Waals surface area contributed by atoms with Gasteiger partial charge < -0.3 is 15.0 Å². The van der Waals surface area contributed by atoms with Crippen LogP contribution >= 0.6 is 0 Å². The van der Waals surface area contributed by atoms with Gasteiger partial charge in [-0.15, -0.1) is 0 Å². The van der Waals surface area contributed by atoms with Crippen LogP contribution in [0.15, 0.2) is 108 Å². The molecule has 2 amide bonds. The predicted molar refractivity (Wildman–Crippen MR) is 178 cm³/mol. The second-order valence-electron chi connectivity index (χ2n) is 10.9. The smallest absolute Gasteiger partial charge is 0.264 e. The molecule has 0 aliphatic rings. The Morgan fingerprint density at radius 2 is 1.42 bits per heavy atom. The molecule has 1 N–H and O–H groups in total. The molecule has 0 saturated heterocycles. The highest BCUT2D eigenvalue weighted by Gasteiger charge is 2.33. The summed E-state index contributed by atoms with van der Waals surface area (Å²) in [6.45, 7) is 7.77. The molecule has 4 aromatic carbocycles. The van der Waals surface area contributed by atoms with Gasteiger partial charge in [0.05, 0.1) is 10.6 Å². The number of nitrogens with one attached hydrogen (secondary N) is 1. The van der Waals surface area contributed by atoms with Crippen LogP contribution in [0.2, 0.25) is 0 Å². The molecule has 0 fully saturated rings. The van der Waals surface area contributed by atoms with Gasteiger partial charge in [-0.1, -0.05) is 74.0 Å². The average Bonchev–Trinajstić information content (AvgIpc) is 3.04. The summed E-state index contributed by atoms with van der Waals surface area (Å²) in [6.07, 6.45) is 1.11. The third-order valence-electron chi connectivity index (χ3n) is 7.53. The van der Waals surface area contributed by atoms with Crippen LogP contribution in [0.4, 0.5) is 5.69 Å². The Labute approximate surface area is 266 Å². The Bertz CT molecular complexity index is 1670. The van der Waals surface area contributed by atoms with E-state index in [1.54, 1.807) is 36.4 Å². The minimum Gasteiger partial charge on any atom is -0.457 e. The number of hydrogen-bond donors (Lipinski definition) is 1. The zero-order valence-corrected chi connectivity index (χ0v) is 27.1. The van der Waals surface area contributed by atoms with Crippen molar-refractivity contribution in [3.63, 3.8) is 0 Å². The number of rotatable bonds is 14. The average molecular weight is 628 g/mol. The van der Waals surface area contributed by atoms with Gasteiger partial charge in [0.2, 0.25) is 11.8 Å². The van der Waals surface area contributed by atoms with Crippen molar-refractivity contribution in [3.05, 3.63) is 120 Å². The zero-order valence-electron chi connectivity index (χ0n) is 26.3. The number of hydrogen-bond acceptors (Lipinski definition) is 5. The molecule has 0 aliphatic carbocycles. The fraction of sp³-hybridized carbons (Fsp3) is 0.278. The standard InChI is InChI=1S/C36H41N3O5S/c1-5-24-37-36(41)34(6-2)38(25-29-13-11-10-12-28(29)4)35(40)26-39(45(42,43)33-22-16-27(3)17-23-33)30-18-20-32(21-19-30)44-31-14-8-7-9-15-31/h7-23,34H,5-6,24-26H2,1-4H3,(H,37,41)/t34-/m1/s1. The van der Waals surface area contributed by atoms with Crippen LogP contribution < -0.4 is 14.4 Å². The number of para-hydroxylation sites is 1. The first kappa shape index (κ1) is 33.3. The first-order valence-electron chi connectivity index (χ1n) is 15.2. The summed E-state index contributed by atoms with van der Waals surface area (Å²) in [6, 6.07) is 29.2.